The molecule has 0 fully saturated rings. The van der Waals surface area contributed by atoms with Crippen LogP contribution in [0.1, 0.15) is 64.5 Å². The van der Waals surface area contributed by atoms with E-state index in [2.05, 4.69) is 25.1 Å². The smallest absolute Gasteiger partial charge is 0.168 e. The second-order valence-corrected chi connectivity index (χ2v) is 6.06. The summed E-state index contributed by atoms with van der Waals surface area (Å²) >= 11 is 0. The number of ketones is 1. The number of carbonyl (C=O) groups excluding carboxylic acids is 1. The Kier molecular flexibility index (Phi) is 3.93. The highest BCUT2D eigenvalue weighted by Crippen LogP contribution is 2.41. The van der Waals surface area contributed by atoms with Gasteiger partial charge in [0, 0.05) is 0 Å². The van der Waals surface area contributed by atoms with E-state index in [0.717, 1.165) is 12.0 Å². The van der Waals surface area contributed by atoms with E-state index in [0.29, 0.717) is 0 Å². The summed E-state index contributed by atoms with van der Waals surface area (Å²) in [5, 5.41) is 0. The van der Waals surface area contributed by atoms with Crippen LogP contribution in [-0.4, -0.2) is 5.78 Å². The number of hydrogen-bond acceptors (Lipinski definition) is 1. The van der Waals surface area contributed by atoms with Crippen LogP contribution in [0.3, 0.4) is 0 Å². The van der Waals surface area contributed by atoms with Crippen molar-refractivity contribution in [2.24, 2.45) is 0 Å². The molecule has 1 aromatic carbocycles. The molecule has 0 aliphatic heterocycles. The van der Waals surface area contributed by atoms with Crippen molar-refractivity contribution in [1.82, 2.24) is 0 Å². The van der Waals surface area contributed by atoms with Crippen molar-refractivity contribution in [3.8, 4) is 0 Å². The Morgan fingerprint density at radius 2 is 1.79 bits per heavy atom. The first-order chi connectivity index (χ1) is 9.00. The number of carbonyl (C=O) groups is 1. The summed E-state index contributed by atoms with van der Waals surface area (Å²) in [4.78, 5) is 12.6. The summed E-state index contributed by atoms with van der Waals surface area (Å²) in [5.41, 5.74) is 4.35. The predicted molar refractivity (Wildman–Crippen MR) is 81.2 cm³/mol. The zero-order chi connectivity index (χ0) is 14.0. The molecular formula is C18H24O. The molecule has 1 nitrogen and oxygen atoms in total. The van der Waals surface area contributed by atoms with E-state index in [4.69, 9.17) is 0 Å². The van der Waals surface area contributed by atoms with Crippen LogP contribution in [-0.2, 0) is 10.2 Å². The molecule has 1 aliphatic carbocycles. The lowest BCUT2D eigenvalue weighted by Crippen LogP contribution is -2.34. The highest BCUT2D eigenvalue weighted by molar-refractivity contribution is 6.11. The molecule has 0 saturated heterocycles. The summed E-state index contributed by atoms with van der Waals surface area (Å²) in [6.45, 7) is 8.30. The van der Waals surface area contributed by atoms with Gasteiger partial charge in [0.05, 0.1) is 5.41 Å². The second kappa shape index (κ2) is 5.32. The molecule has 19 heavy (non-hydrogen) atoms. The summed E-state index contributed by atoms with van der Waals surface area (Å²) in [6, 6.07) is 8.41. The van der Waals surface area contributed by atoms with E-state index in [1.165, 1.54) is 36.0 Å². The highest BCUT2D eigenvalue weighted by Gasteiger charge is 2.37. The van der Waals surface area contributed by atoms with Gasteiger partial charge >= 0.3 is 0 Å². The zero-order valence-corrected chi connectivity index (χ0v) is 12.5. The van der Waals surface area contributed by atoms with Gasteiger partial charge in [0.1, 0.15) is 0 Å². The Labute approximate surface area is 116 Å². The SMILES string of the molecule is CCCCCC1=C(C)C(=O)C(C)(C)c2ccccc21. The van der Waals surface area contributed by atoms with Crippen molar-refractivity contribution >= 4 is 11.4 Å². The van der Waals surface area contributed by atoms with Crippen molar-refractivity contribution < 1.29 is 4.79 Å². The van der Waals surface area contributed by atoms with Crippen LogP contribution in [0.2, 0.25) is 0 Å². The Hall–Kier alpha value is -1.37. The van der Waals surface area contributed by atoms with Crippen molar-refractivity contribution in [3.05, 3.63) is 41.0 Å². The molecule has 1 aliphatic rings. The van der Waals surface area contributed by atoms with E-state index in [-0.39, 0.29) is 11.2 Å². The Morgan fingerprint density at radius 3 is 2.47 bits per heavy atom. The number of Topliss-reactive ketones (excluding diaryl/α,β-unsaturated/α-hetero) is 1. The van der Waals surface area contributed by atoms with Gasteiger partial charge in [-0.15, -0.1) is 0 Å². The Bertz CT molecular complexity index is 520. The molecule has 1 aromatic rings. The normalized spacial score (nSPS) is 17.6. The molecule has 0 N–H and O–H groups in total. The maximum absolute atomic E-state index is 12.6. The quantitative estimate of drug-likeness (QED) is 0.700. The third-order valence-corrected chi connectivity index (χ3v) is 4.32. The first-order valence-electron chi connectivity index (χ1n) is 7.34. The third-order valence-electron chi connectivity index (χ3n) is 4.32. The molecule has 2 rings (SSSR count). The van der Waals surface area contributed by atoms with Gasteiger partial charge in [-0.05, 0) is 55.9 Å². The van der Waals surface area contributed by atoms with Gasteiger partial charge in [-0.3, -0.25) is 4.79 Å². The number of allylic oxidation sites excluding steroid dienone is 2. The first-order valence-corrected chi connectivity index (χ1v) is 7.34. The predicted octanol–water partition coefficient (Wildman–Crippen LogP) is 4.90. The van der Waals surface area contributed by atoms with Crippen molar-refractivity contribution in [3.63, 3.8) is 0 Å². The highest BCUT2D eigenvalue weighted by atomic mass is 16.1. The molecule has 0 saturated carbocycles. The molecule has 0 aromatic heterocycles. The number of hydrogen-bond donors (Lipinski definition) is 0. The number of fused-ring (bicyclic) bond motifs is 1. The molecule has 0 unspecified atom stereocenters. The summed E-state index contributed by atoms with van der Waals surface area (Å²) in [5.74, 6) is 0.290. The van der Waals surface area contributed by atoms with E-state index in [1.54, 1.807) is 0 Å². The topological polar surface area (TPSA) is 17.1 Å². The van der Waals surface area contributed by atoms with Crippen molar-refractivity contribution in [1.29, 1.82) is 0 Å². The van der Waals surface area contributed by atoms with Crippen LogP contribution in [0.5, 0.6) is 0 Å². The van der Waals surface area contributed by atoms with Gasteiger partial charge in [0.2, 0.25) is 0 Å². The number of rotatable bonds is 4. The summed E-state index contributed by atoms with van der Waals surface area (Å²) < 4.78 is 0. The van der Waals surface area contributed by atoms with Gasteiger partial charge < -0.3 is 0 Å². The van der Waals surface area contributed by atoms with Crippen LogP contribution in [0.15, 0.2) is 29.8 Å². The average Bonchev–Trinajstić information content (AvgIpc) is 2.41. The molecular weight excluding hydrogens is 232 g/mol. The van der Waals surface area contributed by atoms with E-state index in [1.807, 2.05) is 26.8 Å². The van der Waals surface area contributed by atoms with Gasteiger partial charge in [0.25, 0.3) is 0 Å². The second-order valence-electron chi connectivity index (χ2n) is 6.06. The Balaban J connectivity index is 2.47. The average molecular weight is 256 g/mol. The molecule has 0 bridgehead atoms. The molecule has 1 heteroatoms. The van der Waals surface area contributed by atoms with Gasteiger partial charge in [-0.1, -0.05) is 44.0 Å². The standard InChI is InChI=1S/C18H24O/c1-5-6-7-10-14-13(2)17(19)18(3,4)16-12-9-8-11-15(14)16/h8-9,11-12H,5-7,10H2,1-4H3. The van der Waals surface area contributed by atoms with Crippen LogP contribution in [0.4, 0.5) is 0 Å². The largest absolute Gasteiger partial charge is 0.294 e. The van der Waals surface area contributed by atoms with Gasteiger partial charge in [-0.25, -0.2) is 0 Å². The van der Waals surface area contributed by atoms with Gasteiger partial charge in [0.15, 0.2) is 5.78 Å². The zero-order valence-electron chi connectivity index (χ0n) is 12.5. The molecule has 0 heterocycles. The third kappa shape index (κ3) is 2.39. The number of benzene rings is 1. The van der Waals surface area contributed by atoms with Crippen LogP contribution in [0.25, 0.3) is 5.57 Å². The minimum Gasteiger partial charge on any atom is -0.294 e. The molecule has 102 valence electrons. The molecule has 0 spiro atoms. The molecule has 0 amide bonds. The summed E-state index contributed by atoms with van der Waals surface area (Å²) in [7, 11) is 0. The first kappa shape index (κ1) is 14.0. The van der Waals surface area contributed by atoms with Crippen LogP contribution >= 0.6 is 0 Å². The van der Waals surface area contributed by atoms with Crippen LogP contribution < -0.4 is 0 Å². The van der Waals surface area contributed by atoms with E-state index in [9.17, 15) is 4.79 Å². The lowest BCUT2D eigenvalue weighted by atomic mass is 9.69. The van der Waals surface area contributed by atoms with E-state index < -0.39 is 0 Å². The minimum atomic E-state index is -0.380. The molecule has 0 radical (unpaired) electrons. The fourth-order valence-corrected chi connectivity index (χ4v) is 3.10. The fourth-order valence-electron chi connectivity index (χ4n) is 3.10. The number of unbranched alkanes of at least 4 members (excludes halogenated alkanes) is 2. The maximum atomic E-state index is 12.6. The van der Waals surface area contributed by atoms with Gasteiger partial charge in [-0.2, -0.15) is 0 Å². The molecule has 0 atom stereocenters. The lowest BCUT2D eigenvalue weighted by molar-refractivity contribution is -0.119. The van der Waals surface area contributed by atoms with Crippen LogP contribution in [0, 0.1) is 0 Å². The lowest BCUT2D eigenvalue weighted by Gasteiger charge is -2.33. The van der Waals surface area contributed by atoms with Crippen molar-refractivity contribution in [2.45, 2.75) is 58.8 Å². The van der Waals surface area contributed by atoms with Crippen molar-refractivity contribution in [2.75, 3.05) is 0 Å². The Morgan fingerprint density at radius 1 is 1.11 bits per heavy atom. The monoisotopic (exact) mass is 256 g/mol. The minimum absolute atomic E-state index is 0.290. The fraction of sp³-hybridized carbons (Fsp3) is 0.500. The maximum Gasteiger partial charge on any atom is 0.168 e. The summed E-state index contributed by atoms with van der Waals surface area (Å²) in [6.07, 6.45) is 4.65. The van der Waals surface area contributed by atoms with E-state index >= 15 is 0 Å².